The van der Waals surface area contributed by atoms with Gasteiger partial charge in [0.05, 0.1) is 0 Å². The van der Waals surface area contributed by atoms with Gasteiger partial charge >= 0.3 is 0 Å². The summed E-state index contributed by atoms with van der Waals surface area (Å²) in [6.45, 7) is 3.34. The molecule has 0 bridgehead atoms. The lowest BCUT2D eigenvalue weighted by molar-refractivity contribution is 0.631. The topological polar surface area (TPSA) is 12.0 Å². The molecule has 0 spiro atoms. The van der Waals surface area contributed by atoms with Crippen molar-refractivity contribution in [2.75, 3.05) is 29.1 Å². The van der Waals surface area contributed by atoms with Crippen LogP contribution in [-0.2, 0) is 0 Å². The van der Waals surface area contributed by atoms with Gasteiger partial charge in [0, 0.05) is 17.1 Å². The minimum Gasteiger partial charge on any atom is -0.384 e. The predicted octanol–water partition coefficient (Wildman–Crippen LogP) is 3.96. The van der Waals surface area contributed by atoms with Crippen LogP contribution in [-0.4, -0.2) is 23.8 Å². The number of rotatable bonds is 5. The molecular weight excluding hydrogens is 234 g/mol. The summed E-state index contributed by atoms with van der Waals surface area (Å²) in [4.78, 5) is 1.38. The summed E-state index contributed by atoms with van der Waals surface area (Å²) in [6.07, 6.45) is 1.38. The minimum atomic E-state index is 0.865. The molecule has 0 radical (unpaired) electrons. The van der Waals surface area contributed by atoms with E-state index in [1.165, 1.54) is 28.5 Å². The number of para-hydroxylation sites is 1. The van der Waals surface area contributed by atoms with E-state index >= 15 is 0 Å². The highest BCUT2D eigenvalue weighted by atomic mass is 32.2. The van der Waals surface area contributed by atoms with Crippen molar-refractivity contribution in [1.82, 2.24) is 0 Å². The zero-order valence-electron chi connectivity index (χ0n) is 9.74. The van der Waals surface area contributed by atoms with Crippen LogP contribution in [0.5, 0.6) is 0 Å². The number of nitrogens with one attached hydrogen (secondary N) is 1. The van der Waals surface area contributed by atoms with E-state index in [4.69, 9.17) is 0 Å². The lowest BCUT2D eigenvalue weighted by Gasteiger charge is -2.14. The Hall–Kier alpha value is -0.280. The Morgan fingerprint density at radius 2 is 2.31 bits per heavy atom. The van der Waals surface area contributed by atoms with Crippen molar-refractivity contribution in [3.05, 3.63) is 24.3 Å². The van der Waals surface area contributed by atoms with E-state index in [0.29, 0.717) is 0 Å². The summed E-state index contributed by atoms with van der Waals surface area (Å²) in [5.41, 5.74) is 1.31. The van der Waals surface area contributed by atoms with Gasteiger partial charge in [-0.2, -0.15) is 11.8 Å². The minimum absolute atomic E-state index is 0.865. The Labute approximate surface area is 107 Å². The van der Waals surface area contributed by atoms with Crippen molar-refractivity contribution in [2.45, 2.75) is 18.2 Å². The van der Waals surface area contributed by atoms with Gasteiger partial charge in [-0.1, -0.05) is 19.1 Å². The van der Waals surface area contributed by atoms with Gasteiger partial charge in [0.1, 0.15) is 0 Å². The zero-order valence-corrected chi connectivity index (χ0v) is 11.4. The molecule has 1 aliphatic rings. The molecular formula is C13H19NS2. The summed E-state index contributed by atoms with van der Waals surface area (Å²) < 4.78 is 0. The average molecular weight is 253 g/mol. The summed E-state index contributed by atoms with van der Waals surface area (Å²) >= 11 is 4.00. The van der Waals surface area contributed by atoms with Gasteiger partial charge in [0.2, 0.25) is 0 Å². The molecule has 0 amide bonds. The number of hydrogen-bond acceptors (Lipinski definition) is 3. The second-order valence-corrected chi connectivity index (χ2v) is 6.50. The molecule has 1 aliphatic heterocycles. The molecule has 1 saturated heterocycles. The van der Waals surface area contributed by atoms with E-state index in [0.717, 1.165) is 18.2 Å². The van der Waals surface area contributed by atoms with Crippen LogP contribution in [0.2, 0.25) is 0 Å². The Morgan fingerprint density at radius 3 is 3.06 bits per heavy atom. The second-order valence-electron chi connectivity index (χ2n) is 4.04. The molecule has 1 aromatic carbocycles. The molecule has 1 fully saturated rings. The number of hydrogen-bond donors (Lipinski definition) is 1. The third-order valence-corrected chi connectivity index (χ3v) is 4.98. The maximum absolute atomic E-state index is 3.61. The summed E-state index contributed by atoms with van der Waals surface area (Å²) in [5.74, 6) is 4.68. The first-order chi connectivity index (χ1) is 7.90. The standard InChI is InChI=1S/C13H19NS2/c1-2-16-13-6-4-3-5-12(13)14-9-11-7-8-15-10-11/h3-6,11,14H,2,7-10H2,1H3. The molecule has 1 unspecified atom stereocenters. The quantitative estimate of drug-likeness (QED) is 0.798. The first-order valence-corrected chi connectivity index (χ1v) is 8.07. The Balaban J connectivity index is 1.91. The Bertz CT molecular complexity index is 321. The third kappa shape index (κ3) is 3.36. The Kier molecular flexibility index (Phi) is 4.91. The molecule has 0 saturated carbocycles. The van der Waals surface area contributed by atoms with Crippen LogP contribution in [0.1, 0.15) is 13.3 Å². The maximum Gasteiger partial charge on any atom is 0.0478 e. The molecule has 2 rings (SSSR count). The van der Waals surface area contributed by atoms with E-state index < -0.39 is 0 Å². The normalized spacial score (nSPS) is 19.9. The summed E-state index contributed by atoms with van der Waals surface area (Å²) in [6, 6.07) is 8.64. The molecule has 16 heavy (non-hydrogen) atoms. The number of benzene rings is 1. The highest BCUT2D eigenvalue weighted by molar-refractivity contribution is 7.99. The summed E-state index contributed by atoms with van der Waals surface area (Å²) in [5, 5.41) is 3.61. The van der Waals surface area contributed by atoms with Crippen LogP contribution < -0.4 is 5.32 Å². The first-order valence-electron chi connectivity index (χ1n) is 5.93. The van der Waals surface area contributed by atoms with Gasteiger partial charge in [-0.05, 0) is 41.7 Å². The molecule has 0 aliphatic carbocycles. The van der Waals surface area contributed by atoms with Gasteiger partial charge in [-0.15, -0.1) is 11.8 Å². The van der Waals surface area contributed by atoms with Crippen LogP contribution in [0.4, 0.5) is 5.69 Å². The fourth-order valence-corrected chi connectivity index (χ4v) is 3.96. The first kappa shape index (κ1) is 12.2. The van der Waals surface area contributed by atoms with E-state index in [2.05, 4.69) is 48.3 Å². The van der Waals surface area contributed by atoms with E-state index in [-0.39, 0.29) is 0 Å². The summed E-state index contributed by atoms with van der Waals surface area (Å²) in [7, 11) is 0. The SMILES string of the molecule is CCSc1ccccc1NCC1CCSC1. The molecule has 1 nitrogen and oxygen atoms in total. The van der Waals surface area contributed by atoms with Gasteiger partial charge < -0.3 is 5.32 Å². The van der Waals surface area contributed by atoms with Crippen LogP contribution in [0.25, 0.3) is 0 Å². The second kappa shape index (κ2) is 6.45. The maximum atomic E-state index is 3.61. The zero-order chi connectivity index (χ0) is 11.2. The molecule has 0 aromatic heterocycles. The number of anilines is 1. The van der Waals surface area contributed by atoms with Crippen LogP contribution in [0.3, 0.4) is 0 Å². The molecule has 1 heterocycles. The fourth-order valence-electron chi connectivity index (χ4n) is 1.89. The molecule has 1 aromatic rings. The monoisotopic (exact) mass is 253 g/mol. The van der Waals surface area contributed by atoms with Crippen LogP contribution in [0, 0.1) is 5.92 Å². The van der Waals surface area contributed by atoms with Crippen molar-refractivity contribution in [2.24, 2.45) is 5.92 Å². The smallest absolute Gasteiger partial charge is 0.0478 e. The lowest BCUT2D eigenvalue weighted by atomic mass is 10.1. The average Bonchev–Trinajstić information content (AvgIpc) is 2.81. The number of thioether (sulfide) groups is 2. The van der Waals surface area contributed by atoms with Crippen molar-refractivity contribution in [1.29, 1.82) is 0 Å². The fraction of sp³-hybridized carbons (Fsp3) is 0.538. The van der Waals surface area contributed by atoms with Gasteiger partial charge in [0.25, 0.3) is 0 Å². The van der Waals surface area contributed by atoms with E-state index in [9.17, 15) is 0 Å². The molecule has 3 heteroatoms. The highest BCUT2D eigenvalue weighted by Crippen LogP contribution is 2.28. The van der Waals surface area contributed by atoms with Crippen LogP contribution in [0.15, 0.2) is 29.2 Å². The lowest BCUT2D eigenvalue weighted by Crippen LogP contribution is -2.13. The Morgan fingerprint density at radius 1 is 1.44 bits per heavy atom. The van der Waals surface area contributed by atoms with Crippen LogP contribution >= 0.6 is 23.5 Å². The van der Waals surface area contributed by atoms with Gasteiger partial charge in [-0.3, -0.25) is 0 Å². The van der Waals surface area contributed by atoms with Crippen molar-refractivity contribution in [3.63, 3.8) is 0 Å². The van der Waals surface area contributed by atoms with Crippen molar-refractivity contribution >= 4 is 29.2 Å². The molecule has 1 atom stereocenters. The van der Waals surface area contributed by atoms with Gasteiger partial charge in [0.15, 0.2) is 0 Å². The highest BCUT2D eigenvalue weighted by Gasteiger charge is 2.15. The molecule has 1 N–H and O–H groups in total. The predicted molar refractivity (Wildman–Crippen MR) is 76.8 cm³/mol. The largest absolute Gasteiger partial charge is 0.384 e. The molecule has 88 valence electrons. The van der Waals surface area contributed by atoms with E-state index in [1.54, 1.807) is 0 Å². The van der Waals surface area contributed by atoms with Crippen molar-refractivity contribution in [3.8, 4) is 0 Å². The van der Waals surface area contributed by atoms with E-state index in [1.807, 2.05) is 11.8 Å². The van der Waals surface area contributed by atoms with Gasteiger partial charge in [-0.25, -0.2) is 0 Å². The third-order valence-electron chi connectivity index (χ3n) is 2.79. The van der Waals surface area contributed by atoms with Crippen molar-refractivity contribution < 1.29 is 0 Å².